The van der Waals surface area contributed by atoms with Crippen LogP contribution in [0.4, 0.5) is 0 Å². The topological polar surface area (TPSA) is 117 Å². The van der Waals surface area contributed by atoms with E-state index in [9.17, 15) is 14.7 Å². The van der Waals surface area contributed by atoms with E-state index in [-0.39, 0.29) is 25.2 Å². The molecule has 1 aliphatic rings. The lowest BCUT2D eigenvalue weighted by Gasteiger charge is -2.19. The lowest BCUT2D eigenvalue weighted by Crippen LogP contribution is -2.40. The molecule has 0 radical (unpaired) electrons. The molecule has 0 aliphatic carbocycles. The number of likely N-dealkylation sites (tertiary alicyclic amines) is 1. The quantitative estimate of drug-likeness (QED) is 0.666. The third-order valence-electron chi connectivity index (χ3n) is 2.77. The average Bonchev–Trinajstić information content (AvgIpc) is 2.94. The van der Waals surface area contributed by atoms with Gasteiger partial charge in [0.25, 0.3) is 5.91 Å². The highest BCUT2D eigenvalue weighted by atomic mass is 32.1. The van der Waals surface area contributed by atoms with E-state index in [4.69, 9.17) is 10.8 Å². The number of hydrogen-bond donors (Lipinski definition) is 3. The number of carbonyl (C=O) groups is 2. The number of carbonyl (C=O) groups excluding carboxylic acids is 1. The first-order valence-electron chi connectivity index (χ1n) is 5.39. The molecule has 0 unspecified atom stereocenters. The molecule has 8 heteroatoms. The molecule has 0 aromatic carbocycles. The van der Waals surface area contributed by atoms with Gasteiger partial charge in [0.05, 0.1) is 6.10 Å². The summed E-state index contributed by atoms with van der Waals surface area (Å²) in [6, 6.07) is -0.990. The number of hydrogen-bond acceptors (Lipinski definition) is 6. The molecule has 2 heterocycles. The van der Waals surface area contributed by atoms with Gasteiger partial charge in [-0.25, -0.2) is 9.78 Å². The van der Waals surface area contributed by atoms with Crippen LogP contribution < -0.4 is 5.73 Å². The summed E-state index contributed by atoms with van der Waals surface area (Å²) < 4.78 is 0. The summed E-state index contributed by atoms with van der Waals surface area (Å²) in [4.78, 5) is 28.3. The predicted octanol–water partition coefficient (Wildman–Crippen LogP) is -0.738. The molecule has 1 aromatic heterocycles. The Balaban J connectivity index is 2.19. The molecule has 1 saturated heterocycles. The number of aliphatic carboxylic acids is 1. The van der Waals surface area contributed by atoms with Crippen molar-refractivity contribution < 1.29 is 19.8 Å². The van der Waals surface area contributed by atoms with E-state index in [0.717, 1.165) is 4.90 Å². The Labute approximate surface area is 107 Å². The Morgan fingerprint density at radius 3 is 2.89 bits per heavy atom. The smallest absolute Gasteiger partial charge is 0.326 e. The van der Waals surface area contributed by atoms with Gasteiger partial charge in [-0.05, 0) is 0 Å². The van der Waals surface area contributed by atoms with Crippen molar-refractivity contribution in [2.45, 2.75) is 25.1 Å². The zero-order valence-electron chi connectivity index (χ0n) is 9.44. The second-order valence-corrected chi connectivity index (χ2v) is 4.97. The number of rotatable bonds is 3. The van der Waals surface area contributed by atoms with E-state index in [1.807, 2.05) is 0 Å². The van der Waals surface area contributed by atoms with Crippen LogP contribution in [0.3, 0.4) is 0 Å². The van der Waals surface area contributed by atoms with E-state index in [2.05, 4.69) is 4.98 Å². The monoisotopic (exact) mass is 271 g/mol. The SMILES string of the molecule is NCc1nc(C(=O)N2C[C@H](O)C[C@H]2C(=O)O)cs1. The molecular weight excluding hydrogens is 258 g/mol. The highest BCUT2D eigenvalue weighted by Gasteiger charge is 2.39. The number of thiazole rings is 1. The molecule has 0 bridgehead atoms. The summed E-state index contributed by atoms with van der Waals surface area (Å²) in [7, 11) is 0. The summed E-state index contributed by atoms with van der Waals surface area (Å²) in [5.74, 6) is -1.59. The van der Waals surface area contributed by atoms with E-state index in [0.29, 0.717) is 5.01 Å². The minimum Gasteiger partial charge on any atom is -0.480 e. The fourth-order valence-corrected chi connectivity index (χ4v) is 2.57. The van der Waals surface area contributed by atoms with Gasteiger partial charge in [0, 0.05) is 24.9 Å². The number of carboxylic acid groups (broad SMARTS) is 1. The van der Waals surface area contributed by atoms with Gasteiger partial charge < -0.3 is 20.8 Å². The minimum absolute atomic E-state index is 0.0191. The second-order valence-electron chi connectivity index (χ2n) is 4.03. The Morgan fingerprint density at radius 1 is 1.61 bits per heavy atom. The first-order chi connectivity index (χ1) is 8.52. The second kappa shape index (κ2) is 5.01. The van der Waals surface area contributed by atoms with Crippen LogP contribution >= 0.6 is 11.3 Å². The van der Waals surface area contributed by atoms with Crippen LogP contribution in [0.25, 0.3) is 0 Å². The van der Waals surface area contributed by atoms with Gasteiger partial charge in [-0.1, -0.05) is 0 Å². The van der Waals surface area contributed by atoms with Crippen molar-refractivity contribution in [1.82, 2.24) is 9.88 Å². The standard InChI is InChI=1S/C10H13N3O4S/c11-2-8-12-6(4-18-8)9(15)13-3-5(14)1-7(13)10(16)17/h4-5,7,14H,1-3,11H2,(H,16,17)/t5-,7+/m1/s1. The number of β-amino-alcohol motifs (C(OH)–C–C–N with tert-alkyl or cyclic N) is 1. The lowest BCUT2D eigenvalue weighted by molar-refractivity contribution is -0.141. The molecule has 2 atom stereocenters. The maximum Gasteiger partial charge on any atom is 0.326 e. The largest absolute Gasteiger partial charge is 0.480 e. The molecule has 18 heavy (non-hydrogen) atoms. The maximum atomic E-state index is 12.1. The summed E-state index contributed by atoms with van der Waals surface area (Å²) in [5.41, 5.74) is 5.58. The van der Waals surface area contributed by atoms with Crippen LogP contribution in [0, 0.1) is 0 Å². The van der Waals surface area contributed by atoms with Crippen molar-refractivity contribution in [3.05, 3.63) is 16.1 Å². The van der Waals surface area contributed by atoms with Gasteiger partial charge in [0.2, 0.25) is 0 Å². The molecule has 1 aromatic rings. The molecule has 7 nitrogen and oxygen atoms in total. The number of nitrogens with zero attached hydrogens (tertiary/aromatic N) is 2. The predicted molar refractivity (Wildman–Crippen MR) is 63.1 cm³/mol. The third kappa shape index (κ3) is 2.35. The molecular formula is C10H13N3O4S. The van der Waals surface area contributed by atoms with Gasteiger partial charge >= 0.3 is 5.97 Å². The fourth-order valence-electron chi connectivity index (χ4n) is 1.92. The summed E-state index contributed by atoms with van der Waals surface area (Å²) in [6.45, 7) is 0.258. The molecule has 98 valence electrons. The minimum atomic E-state index is -1.12. The Morgan fingerprint density at radius 2 is 2.33 bits per heavy atom. The van der Waals surface area contributed by atoms with Crippen LogP contribution in [-0.4, -0.2) is 50.7 Å². The number of carboxylic acids is 1. The van der Waals surface area contributed by atoms with Crippen LogP contribution in [0.2, 0.25) is 0 Å². The van der Waals surface area contributed by atoms with Crippen molar-refractivity contribution in [2.24, 2.45) is 5.73 Å². The van der Waals surface area contributed by atoms with E-state index in [1.54, 1.807) is 5.38 Å². The van der Waals surface area contributed by atoms with Gasteiger partial charge in [0.15, 0.2) is 0 Å². The van der Waals surface area contributed by atoms with Crippen molar-refractivity contribution >= 4 is 23.2 Å². The summed E-state index contributed by atoms with van der Waals surface area (Å²) in [5, 5.41) is 20.6. The van der Waals surface area contributed by atoms with Crippen molar-refractivity contribution in [3.63, 3.8) is 0 Å². The zero-order valence-corrected chi connectivity index (χ0v) is 10.3. The number of aliphatic hydroxyl groups is 1. The van der Waals surface area contributed by atoms with Crippen LogP contribution in [0.1, 0.15) is 21.9 Å². The molecule has 0 spiro atoms. The van der Waals surface area contributed by atoms with Crippen LogP contribution in [-0.2, 0) is 11.3 Å². The number of aromatic nitrogens is 1. The summed E-state index contributed by atoms with van der Waals surface area (Å²) >= 11 is 1.25. The molecule has 4 N–H and O–H groups in total. The first-order valence-corrected chi connectivity index (χ1v) is 6.27. The average molecular weight is 271 g/mol. The van der Waals surface area contributed by atoms with Crippen molar-refractivity contribution in [3.8, 4) is 0 Å². The highest BCUT2D eigenvalue weighted by Crippen LogP contribution is 2.21. The summed E-state index contributed by atoms with van der Waals surface area (Å²) in [6.07, 6.45) is -0.753. The molecule has 1 aliphatic heterocycles. The van der Waals surface area contributed by atoms with Crippen LogP contribution in [0.5, 0.6) is 0 Å². The van der Waals surface area contributed by atoms with Gasteiger partial charge in [-0.3, -0.25) is 4.79 Å². The van der Waals surface area contributed by atoms with Gasteiger partial charge in [-0.15, -0.1) is 11.3 Å². The molecule has 0 saturated carbocycles. The number of aliphatic hydroxyl groups excluding tert-OH is 1. The van der Waals surface area contributed by atoms with Gasteiger partial charge in [-0.2, -0.15) is 0 Å². The van der Waals surface area contributed by atoms with Gasteiger partial charge in [0.1, 0.15) is 16.7 Å². The van der Waals surface area contributed by atoms with E-state index >= 15 is 0 Å². The Bertz CT molecular complexity index is 475. The Kier molecular flexibility index (Phi) is 3.60. The third-order valence-corrected chi connectivity index (χ3v) is 3.64. The molecule has 1 fully saturated rings. The normalized spacial score (nSPS) is 23.3. The number of nitrogens with two attached hydrogens (primary N) is 1. The number of amides is 1. The lowest BCUT2D eigenvalue weighted by atomic mass is 10.2. The fraction of sp³-hybridized carbons (Fsp3) is 0.500. The van der Waals surface area contributed by atoms with Crippen molar-refractivity contribution in [1.29, 1.82) is 0 Å². The molecule has 2 rings (SSSR count). The van der Waals surface area contributed by atoms with Crippen molar-refractivity contribution in [2.75, 3.05) is 6.54 Å². The van der Waals surface area contributed by atoms with E-state index in [1.165, 1.54) is 11.3 Å². The highest BCUT2D eigenvalue weighted by molar-refractivity contribution is 7.09. The molecule has 1 amide bonds. The maximum absolute atomic E-state index is 12.1. The Hall–Kier alpha value is -1.51. The first kappa shape index (κ1) is 12.9. The van der Waals surface area contributed by atoms with Crippen LogP contribution in [0.15, 0.2) is 5.38 Å². The zero-order chi connectivity index (χ0) is 13.3. The van der Waals surface area contributed by atoms with E-state index < -0.39 is 24.0 Å².